The zero-order valence-electron chi connectivity index (χ0n) is 17.6. The smallest absolute Gasteiger partial charge is 0.136 e. The van der Waals surface area contributed by atoms with Crippen molar-refractivity contribution in [3.8, 4) is 0 Å². The number of allylic oxidation sites excluding steroid dienone is 4. The van der Waals surface area contributed by atoms with Gasteiger partial charge in [0, 0.05) is 25.2 Å². The Hall–Kier alpha value is -1.70. The van der Waals surface area contributed by atoms with E-state index in [9.17, 15) is 4.79 Å². The largest absolute Gasteiger partial charge is 0.299 e. The lowest BCUT2D eigenvalue weighted by Crippen LogP contribution is -2.52. The zero-order valence-corrected chi connectivity index (χ0v) is 17.6. The van der Waals surface area contributed by atoms with Gasteiger partial charge in [0.25, 0.3) is 0 Å². The lowest BCUT2D eigenvalue weighted by atomic mass is 9.45. The molecule has 1 aromatic heterocycles. The molecule has 2 saturated carbocycles. The van der Waals surface area contributed by atoms with Gasteiger partial charge in [0.15, 0.2) is 0 Å². The Kier molecular flexibility index (Phi) is 4.19. The highest BCUT2D eigenvalue weighted by molar-refractivity contribution is 5.82. The molecular formula is C26H33NO. The molecule has 0 aromatic carbocycles. The van der Waals surface area contributed by atoms with Gasteiger partial charge in [0.2, 0.25) is 0 Å². The number of carbonyl (C=O) groups excluding carboxylic acids is 1. The number of ketones is 1. The molecule has 0 bridgehead atoms. The van der Waals surface area contributed by atoms with Crippen molar-refractivity contribution in [3.63, 3.8) is 0 Å². The average molecular weight is 376 g/mol. The summed E-state index contributed by atoms with van der Waals surface area (Å²) >= 11 is 0. The van der Waals surface area contributed by atoms with Crippen molar-refractivity contribution in [1.29, 1.82) is 0 Å². The standard InChI is InChI=1S/C26H33NO/c1-4-17-14-19-15-20(28)9-11-25(19,2)23-10-12-26(3)21(7-8-22(26)24(17)23)18-6-5-13-27-16-18/h5-7,13-14,16-17,22-24H,4,8-12,15H2,1-3H3/t17?,22-,23+,24-,25-,26+/m0/s1. The monoisotopic (exact) mass is 375 g/mol. The van der Waals surface area contributed by atoms with Crippen molar-refractivity contribution in [2.75, 3.05) is 0 Å². The minimum Gasteiger partial charge on any atom is -0.299 e. The maximum absolute atomic E-state index is 12.2. The SMILES string of the molecule is CCC1C=C2CC(=O)CC[C@]2(C)[C@@H]2CC[C@]3(C)C(c4cccnc4)=CC[C@H]3[C@H]12. The van der Waals surface area contributed by atoms with Gasteiger partial charge in [0.05, 0.1) is 0 Å². The molecule has 0 spiro atoms. The molecule has 6 atom stereocenters. The molecule has 2 nitrogen and oxygen atoms in total. The van der Waals surface area contributed by atoms with E-state index in [4.69, 9.17) is 0 Å². The molecule has 1 heterocycles. The van der Waals surface area contributed by atoms with E-state index in [-0.39, 0.29) is 10.8 Å². The third-order valence-electron chi connectivity index (χ3n) is 9.13. The molecular weight excluding hydrogens is 342 g/mol. The number of carbonyl (C=O) groups is 1. The van der Waals surface area contributed by atoms with Crippen LogP contribution in [-0.4, -0.2) is 10.8 Å². The van der Waals surface area contributed by atoms with Crippen LogP contribution in [0.15, 0.2) is 42.3 Å². The van der Waals surface area contributed by atoms with Gasteiger partial charge in [-0.2, -0.15) is 0 Å². The fourth-order valence-corrected chi connectivity index (χ4v) is 7.57. The van der Waals surface area contributed by atoms with E-state index < -0.39 is 0 Å². The molecule has 0 aliphatic heterocycles. The van der Waals surface area contributed by atoms with Crippen molar-refractivity contribution in [1.82, 2.24) is 4.98 Å². The first kappa shape index (κ1) is 18.3. The molecule has 1 unspecified atom stereocenters. The maximum Gasteiger partial charge on any atom is 0.136 e. The Morgan fingerprint density at radius 2 is 2.04 bits per heavy atom. The molecule has 0 radical (unpaired) electrons. The van der Waals surface area contributed by atoms with Crippen molar-refractivity contribution in [3.05, 3.63) is 47.8 Å². The van der Waals surface area contributed by atoms with Gasteiger partial charge in [-0.1, -0.05) is 44.6 Å². The van der Waals surface area contributed by atoms with Gasteiger partial charge < -0.3 is 0 Å². The predicted octanol–water partition coefficient (Wildman–Crippen LogP) is 6.24. The second-order valence-corrected chi connectivity index (χ2v) is 10.2. The van der Waals surface area contributed by atoms with Crippen LogP contribution < -0.4 is 0 Å². The first-order chi connectivity index (χ1) is 13.5. The van der Waals surface area contributed by atoms with E-state index in [0.29, 0.717) is 11.7 Å². The number of pyridine rings is 1. The molecule has 28 heavy (non-hydrogen) atoms. The van der Waals surface area contributed by atoms with E-state index in [0.717, 1.165) is 37.0 Å². The van der Waals surface area contributed by atoms with Gasteiger partial charge in [-0.3, -0.25) is 9.78 Å². The second-order valence-electron chi connectivity index (χ2n) is 10.2. The second kappa shape index (κ2) is 6.40. The summed E-state index contributed by atoms with van der Waals surface area (Å²) < 4.78 is 0. The Bertz CT molecular complexity index is 852. The van der Waals surface area contributed by atoms with Crippen LogP contribution >= 0.6 is 0 Å². The highest BCUT2D eigenvalue weighted by Crippen LogP contribution is 2.67. The van der Waals surface area contributed by atoms with E-state index in [1.807, 2.05) is 6.20 Å². The van der Waals surface area contributed by atoms with Gasteiger partial charge in [-0.05, 0) is 83.8 Å². The minimum atomic E-state index is 0.253. The van der Waals surface area contributed by atoms with Crippen molar-refractivity contribution < 1.29 is 4.79 Å². The lowest BCUT2D eigenvalue weighted by Gasteiger charge is -2.59. The Morgan fingerprint density at radius 3 is 2.79 bits per heavy atom. The number of rotatable bonds is 2. The average Bonchev–Trinajstić information content (AvgIpc) is 3.06. The van der Waals surface area contributed by atoms with E-state index in [1.54, 1.807) is 0 Å². The van der Waals surface area contributed by atoms with Gasteiger partial charge in [0.1, 0.15) is 5.78 Å². The first-order valence-electron chi connectivity index (χ1n) is 11.3. The number of hydrogen-bond donors (Lipinski definition) is 0. The molecule has 4 aliphatic carbocycles. The summed E-state index contributed by atoms with van der Waals surface area (Å²) in [4.78, 5) is 16.6. The molecule has 2 heteroatoms. The highest BCUT2D eigenvalue weighted by atomic mass is 16.1. The quantitative estimate of drug-likeness (QED) is 0.572. The third kappa shape index (κ3) is 2.46. The van der Waals surface area contributed by atoms with Crippen LogP contribution in [0.2, 0.25) is 0 Å². The van der Waals surface area contributed by atoms with E-state index in [2.05, 4.69) is 56.2 Å². The normalized spacial score (nSPS) is 42.2. The molecule has 0 saturated heterocycles. The third-order valence-corrected chi connectivity index (χ3v) is 9.13. The number of aromatic nitrogens is 1. The Morgan fingerprint density at radius 1 is 1.18 bits per heavy atom. The van der Waals surface area contributed by atoms with Gasteiger partial charge in [-0.25, -0.2) is 0 Å². The first-order valence-corrected chi connectivity index (χ1v) is 11.3. The van der Waals surface area contributed by atoms with Crippen molar-refractivity contribution in [2.45, 2.75) is 65.7 Å². The van der Waals surface area contributed by atoms with Crippen LogP contribution in [0, 0.1) is 34.5 Å². The molecule has 0 N–H and O–H groups in total. The van der Waals surface area contributed by atoms with Crippen LogP contribution in [-0.2, 0) is 4.79 Å². The van der Waals surface area contributed by atoms with Crippen LogP contribution in [0.3, 0.4) is 0 Å². The number of hydrogen-bond acceptors (Lipinski definition) is 2. The summed E-state index contributed by atoms with van der Waals surface area (Å²) in [5.41, 5.74) is 4.86. The van der Waals surface area contributed by atoms with E-state index >= 15 is 0 Å². The minimum absolute atomic E-state index is 0.253. The number of nitrogens with zero attached hydrogens (tertiary/aromatic N) is 1. The zero-order chi connectivity index (χ0) is 19.5. The molecule has 2 fully saturated rings. The predicted molar refractivity (Wildman–Crippen MR) is 113 cm³/mol. The summed E-state index contributed by atoms with van der Waals surface area (Å²) in [5, 5.41) is 0. The van der Waals surface area contributed by atoms with Crippen LogP contribution in [0.25, 0.3) is 5.57 Å². The fourth-order valence-electron chi connectivity index (χ4n) is 7.57. The lowest BCUT2D eigenvalue weighted by molar-refractivity contribution is -0.122. The fraction of sp³-hybridized carbons (Fsp3) is 0.615. The Balaban J connectivity index is 1.54. The van der Waals surface area contributed by atoms with Crippen molar-refractivity contribution in [2.24, 2.45) is 34.5 Å². The van der Waals surface area contributed by atoms with E-state index in [1.165, 1.54) is 42.4 Å². The van der Waals surface area contributed by atoms with Crippen LogP contribution in [0.4, 0.5) is 0 Å². The highest BCUT2D eigenvalue weighted by Gasteiger charge is 2.58. The molecule has 0 amide bonds. The van der Waals surface area contributed by atoms with Crippen molar-refractivity contribution >= 4 is 11.4 Å². The molecule has 4 aliphatic rings. The van der Waals surface area contributed by atoms with Crippen LogP contribution in [0.1, 0.15) is 71.3 Å². The van der Waals surface area contributed by atoms with Gasteiger partial charge in [-0.15, -0.1) is 0 Å². The topological polar surface area (TPSA) is 30.0 Å². The molecule has 148 valence electrons. The maximum atomic E-state index is 12.2. The summed E-state index contributed by atoms with van der Waals surface area (Å²) in [6, 6.07) is 4.31. The molecule has 5 rings (SSSR count). The van der Waals surface area contributed by atoms with Gasteiger partial charge >= 0.3 is 0 Å². The summed E-state index contributed by atoms with van der Waals surface area (Å²) in [6.07, 6.45) is 16.6. The van der Waals surface area contributed by atoms with Crippen LogP contribution in [0.5, 0.6) is 0 Å². The Labute approximate surface area is 169 Å². The number of fused-ring (bicyclic) bond motifs is 5. The summed E-state index contributed by atoms with van der Waals surface area (Å²) in [5.74, 6) is 3.30. The number of Topliss-reactive ketones (excluding diaryl/α,β-unsaturated/α-hetero) is 1. The summed E-state index contributed by atoms with van der Waals surface area (Å²) in [6.45, 7) is 7.36. The molecule has 1 aromatic rings. The summed E-state index contributed by atoms with van der Waals surface area (Å²) in [7, 11) is 0.